The van der Waals surface area contributed by atoms with Gasteiger partial charge in [-0.05, 0) is 48.1 Å². The average Bonchev–Trinajstić information content (AvgIpc) is 2.69. The third kappa shape index (κ3) is 3.72. The van der Waals surface area contributed by atoms with Crippen molar-refractivity contribution >= 4 is 5.69 Å². The van der Waals surface area contributed by atoms with Gasteiger partial charge in [-0.15, -0.1) is 0 Å². The van der Waals surface area contributed by atoms with Crippen molar-refractivity contribution in [1.82, 2.24) is 5.32 Å². The number of nitrogens with one attached hydrogen (secondary N) is 1. The zero-order chi connectivity index (χ0) is 14.7. The van der Waals surface area contributed by atoms with Crippen molar-refractivity contribution in [3.05, 3.63) is 29.6 Å². The molecule has 1 N–H and O–H groups in total. The van der Waals surface area contributed by atoms with Crippen LogP contribution in [0.25, 0.3) is 0 Å². The molecule has 1 saturated heterocycles. The second kappa shape index (κ2) is 6.57. The summed E-state index contributed by atoms with van der Waals surface area (Å²) >= 11 is 0. The zero-order valence-corrected chi connectivity index (χ0v) is 13.1. The van der Waals surface area contributed by atoms with Gasteiger partial charge in [-0.1, -0.05) is 27.7 Å². The maximum absolute atomic E-state index is 13.5. The average molecular weight is 278 g/mol. The molecule has 0 aromatic heterocycles. The van der Waals surface area contributed by atoms with Crippen LogP contribution in [-0.2, 0) is 6.54 Å². The lowest BCUT2D eigenvalue weighted by atomic mass is 10.0. The van der Waals surface area contributed by atoms with E-state index in [4.69, 9.17) is 0 Å². The predicted octanol–water partition coefficient (Wildman–Crippen LogP) is 3.66. The number of halogens is 1. The smallest absolute Gasteiger partial charge is 0.123 e. The quantitative estimate of drug-likeness (QED) is 0.884. The normalized spacial score (nSPS) is 22.8. The van der Waals surface area contributed by atoms with Gasteiger partial charge in [0.25, 0.3) is 0 Å². The predicted molar refractivity (Wildman–Crippen MR) is 83.5 cm³/mol. The van der Waals surface area contributed by atoms with E-state index in [0.29, 0.717) is 17.8 Å². The van der Waals surface area contributed by atoms with Gasteiger partial charge in [-0.2, -0.15) is 0 Å². The molecule has 1 fully saturated rings. The fourth-order valence-corrected chi connectivity index (χ4v) is 2.83. The number of hydrogen-bond donors (Lipinski definition) is 1. The van der Waals surface area contributed by atoms with Gasteiger partial charge in [0, 0.05) is 25.3 Å². The highest BCUT2D eigenvalue weighted by Crippen LogP contribution is 2.30. The minimum absolute atomic E-state index is 0.143. The first-order chi connectivity index (χ1) is 9.47. The maximum Gasteiger partial charge on any atom is 0.123 e. The summed E-state index contributed by atoms with van der Waals surface area (Å²) in [5, 5.41) is 3.42. The topological polar surface area (TPSA) is 15.3 Å². The Bertz CT molecular complexity index is 435. The number of nitrogens with zero attached hydrogens (tertiary/aromatic N) is 1. The molecule has 1 aromatic carbocycles. The molecular weight excluding hydrogens is 251 g/mol. The minimum Gasteiger partial charge on any atom is -0.371 e. The van der Waals surface area contributed by atoms with Crippen LogP contribution in [0.3, 0.4) is 0 Å². The van der Waals surface area contributed by atoms with Crippen molar-refractivity contribution < 1.29 is 4.39 Å². The standard InChI is InChI=1S/C17H27FN2/c1-12(2)8-19-9-15-7-16(18)5-6-17(15)20-10-13(3)14(4)11-20/h5-7,12-14,19H,8-11H2,1-4H3. The van der Waals surface area contributed by atoms with Crippen molar-refractivity contribution in [3.63, 3.8) is 0 Å². The Morgan fingerprint density at radius 2 is 1.90 bits per heavy atom. The van der Waals surface area contributed by atoms with Crippen LogP contribution in [-0.4, -0.2) is 19.6 Å². The monoisotopic (exact) mass is 278 g/mol. The molecule has 0 radical (unpaired) electrons. The van der Waals surface area contributed by atoms with E-state index in [1.807, 2.05) is 6.07 Å². The number of anilines is 1. The molecule has 2 rings (SSSR count). The lowest BCUT2D eigenvalue weighted by Gasteiger charge is -2.22. The van der Waals surface area contributed by atoms with Crippen LogP contribution in [0, 0.1) is 23.6 Å². The first kappa shape index (κ1) is 15.3. The highest BCUT2D eigenvalue weighted by Gasteiger charge is 2.27. The first-order valence-electron chi connectivity index (χ1n) is 7.71. The largest absolute Gasteiger partial charge is 0.371 e. The van der Waals surface area contributed by atoms with Crippen LogP contribution < -0.4 is 10.2 Å². The van der Waals surface area contributed by atoms with E-state index in [1.54, 1.807) is 12.1 Å². The van der Waals surface area contributed by atoms with Crippen molar-refractivity contribution in [1.29, 1.82) is 0 Å². The molecule has 1 heterocycles. The Kier molecular flexibility index (Phi) is 5.03. The summed E-state index contributed by atoms with van der Waals surface area (Å²) in [7, 11) is 0. The van der Waals surface area contributed by atoms with E-state index in [-0.39, 0.29) is 5.82 Å². The first-order valence-corrected chi connectivity index (χ1v) is 7.71. The van der Waals surface area contributed by atoms with E-state index >= 15 is 0 Å². The van der Waals surface area contributed by atoms with Gasteiger partial charge in [0.1, 0.15) is 5.82 Å². The summed E-state index contributed by atoms with van der Waals surface area (Å²) in [5.41, 5.74) is 2.27. The van der Waals surface area contributed by atoms with Gasteiger partial charge in [0.2, 0.25) is 0 Å². The van der Waals surface area contributed by atoms with Gasteiger partial charge >= 0.3 is 0 Å². The SMILES string of the molecule is CC(C)CNCc1cc(F)ccc1N1CC(C)C(C)C1. The van der Waals surface area contributed by atoms with Crippen LogP contribution in [0.2, 0.25) is 0 Å². The molecule has 0 amide bonds. The highest BCUT2D eigenvalue weighted by atomic mass is 19.1. The van der Waals surface area contributed by atoms with Crippen LogP contribution in [0.15, 0.2) is 18.2 Å². The van der Waals surface area contributed by atoms with Crippen molar-refractivity contribution in [2.24, 2.45) is 17.8 Å². The third-order valence-electron chi connectivity index (χ3n) is 4.24. The molecule has 0 saturated carbocycles. The highest BCUT2D eigenvalue weighted by molar-refractivity contribution is 5.54. The van der Waals surface area contributed by atoms with Gasteiger partial charge < -0.3 is 10.2 Å². The van der Waals surface area contributed by atoms with E-state index in [1.165, 1.54) is 5.69 Å². The molecule has 20 heavy (non-hydrogen) atoms. The fraction of sp³-hybridized carbons (Fsp3) is 0.647. The second-order valence-corrected chi connectivity index (χ2v) is 6.66. The molecule has 3 heteroatoms. The third-order valence-corrected chi connectivity index (χ3v) is 4.24. The Morgan fingerprint density at radius 3 is 2.50 bits per heavy atom. The summed E-state index contributed by atoms with van der Waals surface area (Å²) < 4.78 is 13.5. The summed E-state index contributed by atoms with van der Waals surface area (Å²) in [6.45, 7) is 12.8. The molecule has 112 valence electrons. The van der Waals surface area contributed by atoms with Gasteiger partial charge in [-0.3, -0.25) is 0 Å². The van der Waals surface area contributed by atoms with E-state index in [9.17, 15) is 4.39 Å². The number of benzene rings is 1. The molecule has 0 aliphatic carbocycles. The molecule has 1 aliphatic heterocycles. The summed E-state index contributed by atoms with van der Waals surface area (Å²) in [5.74, 6) is 1.88. The molecule has 2 nitrogen and oxygen atoms in total. The molecule has 1 aromatic rings. The van der Waals surface area contributed by atoms with Crippen LogP contribution in [0.4, 0.5) is 10.1 Å². The van der Waals surface area contributed by atoms with Crippen LogP contribution in [0.5, 0.6) is 0 Å². The minimum atomic E-state index is -0.143. The van der Waals surface area contributed by atoms with Crippen molar-refractivity contribution in [3.8, 4) is 0 Å². The molecular formula is C17H27FN2. The van der Waals surface area contributed by atoms with Crippen LogP contribution in [0.1, 0.15) is 33.3 Å². The molecule has 1 aliphatic rings. The maximum atomic E-state index is 13.5. The zero-order valence-electron chi connectivity index (χ0n) is 13.1. The van der Waals surface area contributed by atoms with Crippen LogP contribution >= 0.6 is 0 Å². The lowest BCUT2D eigenvalue weighted by molar-refractivity contribution is 0.494. The molecule has 2 atom stereocenters. The van der Waals surface area contributed by atoms with Gasteiger partial charge in [0.15, 0.2) is 0 Å². The number of hydrogen-bond acceptors (Lipinski definition) is 2. The van der Waals surface area contributed by atoms with E-state index < -0.39 is 0 Å². The summed E-state index contributed by atoms with van der Waals surface area (Å²) in [6, 6.07) is 5.19. The van der Waals surface area contributed by atoms with Gasteiger partial charge in [0.05, 0.1) is 0 Å². The Labute approximate surface area is 122 Å². The summed E-state index contributed by atoms with van der Waals surface area (Å²) in [4.78, 5) is 2.40. The number of rotatable bonds is 5. The lowest BCUT2D eigenvalue weighted by Crippen LogP contribution is -2.24. The van der Waals surface area contributed by atoms with Gasteiger partial charge in [-0.25, -0.2) is 4.39 Å². The van der Waals surface area contributed by atoms with Crippen molar-refractivity contribution in [2.45, 2.75) is 34.2 Å². The Morgan fingerprint density at radius 1 is 1.25 bits per heavy atom. The Hall–Kier alpha value is -1.09. The fourth-order valence-electron chi connectivity index (χ4n) is 2.83. The van der Waals surface area contributed by atoms with Crippen molar-refractivity contribution in [2.75, 3.05) is 24.5 Å². The second-order valence-electron chi connectivity index (χ2n) is 6.66. The van der Waals surface area contributed by atoms with E-state index in [2.05, 4.69) is 37.9 Å². The van der Waals surface area contributed by atoms with E-state index in [0.717, 1.165) is 31.7 Å². The summed E-state index contributed by atoms with van der Waals surface area (Å²) in [6.07, 6.45) is 0. The molecule has 0 bridgehead atoms. The molecule has 2 unspecified atom stereocenters. The molecule has 0 spiro atoms. The Balaban J connectivity index is 2.11.